The summed E-state index contributed by atoms with van der Waals surface area (Å²) in [5, 5.41) is 65.0. The Kier molecular flexibility index (Phi) is 46.4. The molecular weight excluding hydrogens is 1040 g/mol. The summed E-state index contributed by atoms with van der Waals surface area (Å²) in [5.41, 5.74) is 0. The molecule has 2 aliphatic rings. The van der Waals surface area contributed by atoms with E-state index < -0.39 is 105 Å². The first-order chi connectivity index (χ1) is 39.5. The Balaban J connectivity index is 1.90. The largest absolute Gasteiger partial charge is 0.462 e. The normalized spacial score (nSPS) is 23.7. The SMILES string of the molecule is CC/C=C\C/C=C\C/C=C\CCCCCCCC(=O)O[C@H](COC(=O)CCCCCCCCCCCCCCC)CO[C@@H]1O[C@H](CO[C@H]2O[C@H](CO)[C@H](O)[C@H](OC(=O)CCCCCCCCCCCCCCC)[C@H]2O)[C@H](O)[C@H](O)[C@H]1O. The molecule has 0 amide bonds. The standard InChI is InChI=1S/C65H116O16/c1-4-7-10-13-16-19-22-25-26-29-32-34-37-40-43-46-56(68)78-52(49-75-55(67)45-42-39-36-33-30-27-23-20-17-14-11-8-5-2)50-76-64-61(73)60(72)58(70)54(80-64)51-77-65-62(74)63(59(71)53(48-66)79-65)81-57(69)47-44-41-38-35-31-28-24-21-18-15-12-9-6-3/h7,10,16,19,25-26,52-54,58-66,70-74H,4-6,8-9,11-15,17-18,20-24,27-51H2,1-3H3/b10-7-,19-16-,26-25-/t52-,53-,54-,58+,59+,60+,61-,62-,63+,64-,65+/m1/s1. The monoisotopic (exact) mass is 1150 g/mol. The summed E-state index contributed by atoms with van der Waals surface area (Å²) in [6.45, 7) is 4.62. The van der Waals surface area contributed by atoms with Gasteiger partial charge in [0.25, 0.3) is 0 Å². The summed E-state index contributed by atoms with van der Waals surface area (Å²) in [5.74, 6) is -1.58. The first-order valence-corrected chi connectivity index (χ1v) is 32.5. The van der Waals surface area contributed by atoms with Crippen molar-refractivity contribution in [2.75, 3.05) is 26.4 Å². The molecule has 16 heteroatoms. The molecule has 0 unspecified atom stereocenters. The maximum Gasteiger partial charge on any atom is 0.306 e. The molecule has 0 radical (unpaired) electrons. The van der Waals surface area contributed by atoms with Gasteiger partial charge in [0, 0.05) is 19.3 Å². The summed E-state index contributed by atoms with van der Waals surface area (Å²) >= 11 is 0. The number of carbonyl (C=O) groups excluding carboxylic acids is 3. The van der Waals surface area contributed by atoms with Gasteiger partial charge < -0.3 is 63.8 Å². The number of ether oxygens (including phenoxy) is 7. The Morgan fingerprint density at radius 2 is 0.864 bits per heavy atom. The number of rotatable bonds is 52. The molecule has 81 heavy (non-hydrogen) atoms. The van der Waals surface area contributed by atoms with Crippen LogP contribution in [0.25, 0.3) is 0 Å². The second-order valence-electron chi connectivity index (χ2n) is 22.7. The Hall–Kier alpha value is -2.77. The lowest BCUT2D eigenvalue weighted by Crippen LogP contribution is -2.62. The lowest BCUT2D eigenvalue weighted by atomic mass is 9.98. The van der Waals surface area contributed by atoms with Gasteiger partial charge in [-0.3, -0.25) is 14.4 Å². The van der Waals surface area contributed by atoms with Crippen LogP contribution < -0.4 is 0 Å². The predicted octanol–water partition coefficient (Wildman–Crippen LogP) is 12.2. The summed E-state index contributed by atoms with van der Waals surface area (Å²) in [4.78, 5) is 39.0. The summed E-state index contributed by atoms with van der Waals surface area (Å²) in [6.07, 6.45) is 35.1. The van der Waals surface area contributed by atoms with Gasteiger partial charge in [-0.15, -0.1) is 0 Å². The van der Waals surface area contributed by atoms with Gasteiger partial charge in [0.1, 0.15) is 49.3 Å². The van der Waals surface area contributed by atoms with Crippen LogP contribution in [0.4, 0.5) is 0 Å². The number of carbonyl (C=O) groups is 3. The molecule has 0 bridgehead atoms. The minimum absolute atomic E-state index is 0.0744. The van der Waals surface area contributed by atoms with Gasteiger partial charge in [0.15, 0.2) is 24.8 Å². The number of aliphatic hydroxyl groups is 6. The van der Waals surface area contributed by atoms with Crippen LogP contribution in [0, 0.1) is 0 Å². The fraction of sp³-hybridized carbons (Fsp3) is 0.862. The molecular formula is C65H116O16. The van der Waals surface area contributed by atoms with Crippen LogP contribution in [0.15, 0.2) is 36.5 Å². The lowest BCUT2D eigenvalue weighted by Gasteiger charge is -2.43. The molecule has 2 saturated heterocycles. The first-order valence-electron chi connectivity index (χ1n) is 32.5. The highest BCUT2D eigenvalue weighted by molar-refractivity contribution is 5.70. The van der Waals surface area contributed by atoms with Gasteiger partial charge in [0.2, 0.25) is 0 Å². The lowest BCUT2D eigenvalue weighted by molar-refractivity contribution is -0.333. The number of esters is 3. The maximum absolute atomic E-state index is 13.2. The minimum Gasteiger partial charge on any atom is -0.462 e. The van der Waals surface area contributed by atoms with E-state index in [1.807, 2.05) is 0 Å². The van der Waals surface area contributed by atoms with E-state index >= 15 is 0 Å². The molecule has 472 valence electrons. The van der Waals surface area contributed by atoms with Gasteiger partial charge in [-0.1, -0.05) is 231 Å². The Morgan fingerprint density at radius 1 is 0.432 bits per heavy atom. The molecule has 2 fully saturated rings. The van der Waals surface area contributed by atoms with Crippen molar-refractivity contribution in [3.05, 3.63) is 36.5 Å². The van der Waals surface area contributed by atoms with Crippen molar-refractivity contribution in [1.82, 2.24) is 0 Å². The van der Waals surface area contributed by atoms with Crippen molar-refractivity contribution in [3.8, 4) is 0 Å². The number of hydrogen-bond acceptors (Lipinski definition) is 16. The van der Waals surface area contributed by atoms with Gasteiger partial charge in [-0.25, -0.2) is 0 Å². The highest BCUT2D eigenvalue weighted by atomic mass is 16.7. The molecule has 11 atom stereocenters. The second-order valence-corrected chi connectivity index (χ2v) is 22.7. The molecule has 0 aromatic rings. The van der Waals surface area contributed by atoms with Crippen LogP contribution >= 0.6 is 0 Å². The molecule has 0 aromatic heterocycles. The van der Waals surface area contributed by atoms with Crippen LogP contribution in [0.1, 0.15) is 265 Å². The summed E-state index contributed by atoms with van der Waals surface area (Å²) in [7, 11) is 0. The number of aliphatic hydroxyl groups excluding tert-OH is 6. The van der Waals surface area contributed by atoms with Crippen molar-refractivity contribution in [2.45, 2.75) is 332 Å². The van der Waals surface area contributed by atoms with E-state index in [2.05, 4.69) is 57.2 Å². The van der Waals surface area contributed by atoms with Crippen LogP contribution in [-0.4, -0.2) is 142 Å². The maximum atomic E-state index is 13.2. The van der Waals surface area contributed by atoms with Crippen LogP contribution in [0.3, 0.4) is 0 Å². The number of hydrogen-bond donors (Lipinski definition) is 6. The zero-order chi connectivity index (χ0) is 59.0. The molecule has 2 rings (SSSR count). The summed E-state index contributed by atoms with van der Waals surface area (Å²) < 4.78 is 40.0. The average Bonchev–Trinajstić information content (AvgIpc) is 3.54. The molecule has 6 N–H and O–H groups in total. The van der Waals surface area contributed by atoms with E-state index in [1.165, 1.54) is 109 Å². The topological polar surface area (TPSA) is 237 Å². The van der Waals surface area contributed by atoms with E-state index in [4.69, 9.17) is 33.2 Å². The van der Waals surface area contributed by atoms with Crippen molar-refractivity contribution in [1.29, 1.82) is 0 Å². The van der Waals surface area contributed by atoms with Crippen molar-refractivity contribution in [3.63, 3.8) is 0 Å². The Labute approximate surface area is 489 Å². The van der Waals surface area contributed by atoms with Gasteiger partial charge in [-0.2, -0.15) is 0 Å². The minimum atomic E-state index is -1.80. The van der Waals surface area contributed by atoms with Crippen LogP contribution in [-0.2, 0) is 47.5 Å². The predicted molar refractivity (Wildman–Crippen MR) is 317 cm³/mol. The molecule has 16 nitrogen and oxygen atoms in total. The first kappa shape index (κ1) is 74.3. The summed E-state index contributed by atoms with van der Waals surface area (Å²) in [6, 6.07) is 0. The number of allylic oxidation sites excluding steroid dienone is 6. The second kappa shape index (κ2) is 50.5. The van der Waals surface area contributed by atoms with Crippen molar-refractivity contribution >= 4 is 17.9 Å². The van der Waals surface area contributed by atoms with E-state index in [1.54, 1.807) is 0 Å². The smallest absolute Gasteiger partial charge is 0.306 e. The Bertz CT molecular complexity index is 1610. The van der Waals surface area contributed by atoms with E-state index in [-0.39, 0.29) is 25.9 Å². The average molecular weight is 1150 g/mol. The van der Waals surface area contributed by atoms with Crippen molar-refractivity contribution in [2.24, 2.45) is 0 Å². The molecule has 0 spiro atoms. The van der Waals surface area contributed by atoms with Gasteiger partial charge in [-0.05, 0) is 51.4 Å². The molecule has 2 aliphatic heterocycles. The fourth-order valence-electron chi connectivity index (χ4n) is 10.2. The third kappa shape index (κ3) is 36.6. The molecule has 2 heterocycles. The fourth-order valence-corrected chi connectivity index (χ4v) is 10.2. The van der Waals surface area contributed by atoms with Gasteiger partial charge >= 0.3 is 17.9 Å². The zero-order valence-corrected chi connectivity index (χ0v) is 50.8. The van der Waals surface area contributed by atoms with Gasteiger partial charge in [0.05, 0.1) is 19.8 Å². The highest BCUT2D eigenvalue weighted by Gasteiger charge is 2.49. The highest BCUT2D eigenvalue weighted by Crippen LogP contribution is 2.28. The Morgan fingerprint density at radius 3 is 1.37 bits per heavy atom. The van der Waals surface area contributed by atoms with E-state index in [0.29, 0.717) is 19.3 Å². The van der Waals surface area contributed by atoms with Crippen LogP contribution in [0.2, 0.25) is 0 Å². The molecule has 0 saturated carbocycles. The quantitative estimate of drug-likeness (QED) is 0.0144. The third-order valence-electron chi connectivity index (χ3n) is 15.4. The van der Waals surface area contributed by atoms with E-state index in [0.717, 1.165) is 96.3 Å². The van der Waals surface area contributed by atoms with Crippen LogP contribution in [0.5, 0.6) is 0 Å². The van der Waals surface area contributed by atoms with E-state index in [9.17, 15) is 45.0 Å². The number of unbranched alkanes of at least 4 members (excludes halogenated alkanes) is 29. The third-order valence-corrected chi connectivity index (χ3v) is 15.4. The zero-order valence-electron chi connectivity index (χ0n) is 50.8. The molecule has 0 aromatic carbocycles. The van der Waals surface area contributed by atoms with Crippen molar-refractivity contribution < 1.29 is 78.2 Å². The molecule has 0 aliphatic carbocycles.